The van der Waals surface area contributed by atoms with Gasteiger partial charge in [-0.15, -0.1) is 0 Å². The molecule has 0 radical (unpaired) electrons. The van der Waals surface area contributed by atoms with Crippen molar-refractivity contribution in [2.45, 2.75) is 47.3 Å². The van der Waals surface area contributed by atoms with Crippen molar-refractivity contribution in [2.24, 2.45) is 0 Å². The van der Waals surface area contributed by atoms with Crippen molar-refractivity contribution >= 4 is 52.3 Å². The molecule has 11 rings (SSSR count). The maximum absolute atomic E-state index is 14.4. The van der Waals surface area contributed by atoms with E-state index in [1.54, 1.807) is 149 Å². The monoisotopic (exact) mass is 1250 g/mol. The lowest BCUT2D eigenvalue weighted by Crippen LogP contribution is -2.12. The van der Waals surface area contributed by atoms with Gasteiger partial charge in [-0.25, -0.2) is 14.4 Å². The van der Waals surface area contributed by atoms with Crippen LogP contribution in [0.15, 0.2) is 219 Å². The molecule has 0 aliphatic carbocycles. The summed E-state index contributed by atoms with van der Waals surface area (Å²) in [5.41, 5.74) is 11.4. The second-order valence-corrected chi connectivity index (χ2v) is 21.5. The Balaban J connectivity index is 0.924. The van der Waals surface area contributed by atoms with Crippen LogP contribution in [0.3, 0.4) is 0 Å². The van der Waals surface area contributed by atoms with Crippen LogP contribution in [0.2, 0.25) is 0 Å². The van der Waals surface area contributed by atoms with E-state index >= 15 is 0 Å². The van der Waals surface area contributed by atoms with E-state index in [-0.39, 0.29) is 90.2 Å². The summed E-state index contributed by atoms with van der Waals surface area (Å²) >= 11 is 0. The third kappa shape index (κ3) is 14.5. The standard InChI is InChI=1S/C76H63N9O9/c1-5-92-74(89)58-37-55(44-83-68(58)61-28-11-14-31-77-61)71(86)52-25-17-20-48(34-52)41-80-64-40-65(81-42-49-21-18-26-53(35-49)72(87)56-38-59(75(90)93-6-2)69(84-45-56)62-29-12-15-32-78-62)66(51-23-9-8-10-24-51)67(47(64)4)82-43-50-22-19-27-54(36-50)73(88)57-39-60(76(91)94-7-3)70(85-46-57)63-30-13-16-33-79-63/h8-40,44-46,80-82H,5-7,41-43H2,1-4H3. The number of nitrogens with one attached hydrogen (secondary N) is 3. The predicted octanol–water partition coefficient (Wildman–Crippen LogP) is 14.1. The highest BCUT2D eigenvalue weighted by Crippen LogP contribution is 2.43. The molecule has 3 N–H and O–H groups in total. The molecule has 0 fully saturated rings. The lowest BCUT2D eigenvalue weighted by molar-refractivity contribution is 0.0517. The summed E-state index contributed by atoms with van der Waals surface area (Å²) in [7, 11) is 0. The molecule has 0 spiro atoms. The lowest BCUT2D eigenvalue weighted by atomic mass is 9.95. The number of ether oxygens (including phenoxy) is 3. The molecule has 94 heavy (non-hydrogen) atoms. The largest absolute Gasteiger partial charge is 0.462 e. The van der Waals surface area contributed by atoms with E-state index in [0.717, 1.165) is 50.4 Å². The number of anilines is 3. The van der Waals surface area contributed by atoms with Crippen LogP contribution in [-0.2, 0) is 33.8 Å². The molecule has 5 aromatic carbocycles. The third-order valence-corrected chi connectivity index (χ3v) is 15.3. The fourth-order valence-electron chi connectivity index (χ4n) is 10.8. The highest BCUT2D eigenvalue weighted by atomic mass is 16.5. The fraction of sp³-hybridized carbons (Fsp3) is 0.132. The maximum Gasteiger partial charge on any atom is 0.340 e. The van der Waals surface area contributed by atoms with Gasteiger partial charge in [0.25, 0.3) is 0 Å². The van der Waals surface area contributed by atoms with Gasteiger partial charge in [0.05, 0.1) is 53.6 Å². The zero-order valence-electron chi connectivity index (χ0n) is 51.9. The molecule has 11 aromatic rings. The first-order chi connectivity index (χ1) is 45.9. The Morgan fingerprint density at radius 2 is 0.723 bits per heavy atom. The van der Waals surface area contributed by atoms with Gasteiger partial charge in [0, 0.05) is 113 Å². The first-order valence-electron chi connectivity index (χ1n) is 30.5. The molecular formula is C76H63N9O9. The highest BCUT2D eigenvalue weighted by Gasteiger charge is 2.25. The Hall–Kier alpha value is -12.2. The first-order valence-corrected chi connectivity index (χ1v) is 30.5. The topological polar surface area (TPSA) is 244 Å². The average molecular weight is 1250 g/mol. The van der Waals surface area contributed by atoms with Crippen molar-refractivity contribution in [1.82, 2.24) is 29.9 Å². The fourth-order valence-corrected chi connectivity index (χ4v) is 10.8. The Morgan fingerprint density at radius 1 is 0.362 bits per heavy atom. The summed E-state index contributed by atoms with van der Waals surface area (Å²) in [4.78, 5) is 110. The molecule has 0 aliphatic rings. The maximum atomic E-state index is 14.4. The van der Waals surface area contributed by atoms with Crippen LogP contribution in [0.4, 0.5) is 17.1 Å². The first kappa shape index (κ1) is 63.4. The van der Waals surface area contributed by atoms with Crippen LogP contribution in [0.5, 0.6) is 0 Å². The van der Waals surface area contributed by atoms with Gasteiger partial charge in [0.15, 0.2) is 17.3 Å². The molecule has 6 aromatic heterocycles. The Bertz CT molecular complexity index is 4630. The molecule has 0 atom stereocenters. The Labute approximate surface area is 542 Å². The SMILES string of the molecule is CCOC(=O)c1cc(C(=O)c2cccc(CNc3cc(NCc4cccc(C(=O)c5cnc(-c6ccccn6)c(C(=O)OCC)c5)c4)c(-c4ccccc4)c(NCc4cccc(C(=O)c5cnc(-c6ccccn6)c(C(=O)OCC)c5)c4)c3C)c2)cnc1-c1ccccn1. The van der Waals surface area contributed by atoms with Crippen LogP contribution in [0, 0.1) is 6.92 Å². The lowest BCUT2D eigenvalue weighted by Gasteiger charge is -2.24. The van der Waals surface area contributed by atoms with Gasteiger partial charge >= 0.3 is 17.9 Å². The van der Waals surface area contributed by atoms with Crippen LogP contribution in [0.1, 0.15) is 122 Å². The number of carbonyl (C=O) groups is 6. The predicted molar refractivity (Wildman–Crippen MR) is 358 cm³/mol. The molecule has 466 valence electrons. The molecular weight excluding hydrogens is 1180 g/mol. The number of benzene rings is 5. The van der Waals surface area contributed by atoms with Gasteiger partial charge in [-0.2, -0.15) is 0 Å². The molecule has 0 aliphatic heterocycles. The molecule has 18 nitrogen and oxygen atoms in total. The summed E-state index contributed by atoms with van der Waals surface area (Å²) in [6.07, 6.45) is 9.12. The van der Waals surface area contributed by atoms with Gasteiger partial charge in [-0.05, 0) is 134 Å². The van der Waals surface area contributed by atoms with Gasteiger partial charge in [0.2, 0.25) is 0 Å². The minimum atomic E-state index is -0.626. The molecule has 0 unspecified atom stereocenters. The number of esters is 3. The van der Waals surface area contributed by atoms with Crippen molar-refractivity contribution in [3.05, 3.63) is 291 Å². The number of pyridine rings is 6. The minimum absolute atomic E-state index is 0.117. The van der Waals surface area contributed by atoms with Crippen molar-refractivity contribution < 1.29 is 43.0 Å². The Morgan fingerprint density at radius 3 is 1.09 bits per heavy atom. The molecule has 6 heterocycles. The van der Waals surface area contributed by atoms with Crippen molar-refractivity contribution in [3.8, 4) is 45.3 Å². The number of hydrogen-bond donors (Lipinski definition) is 3. The van der Waals surface area contributed by atoms with Gasteiger partial charge in [0.1, 0.15) is 17.1 Å². The van der Waals surface area contributed by atoms with E-state index in [2.05, 4.69) is 45.9 Å². The zero-order valence-corrected chi connectivity index (χ0v) is 51.9. The van der Waals surface area contributed by atoms with E-state index in [9.17, 15) is 28.8 Å². The van der Waals surface area contributed by atoms with Crippen molar-refractivity contribution in [2.75, 3.05) is 35.8 Å². The molecule has 18 heteroatoms. The van der Waals surface area contributed by atoms with Gasteiger partial charge < -0.3 is 30.2 Å². The van der Waals surface area contributed by atoms with E-state index in [4.69, 9.17) is 14.2 Å². The van der Waals surface area contributed by atoms with Gasteiger partial charge in [-0.1, -0.05) is 103 Å². The number of carbonyl (C=O) groups excluding carboxylic acids is 6. The average Bonchev–Trinajstić information content (AvgIpc) is 0.965. The third-order valence-electron chi connectivity index (χ3n) is 15.3. The molecule has 0 saturated heterocycles. The van der Waals surface area contributed by atoms with E-state index in [0.29, 0.717) is 50.9 Å². The number of rotatable bonds is 25. The van der Waals surface area contributed by atoms with Crippen LogP contribution in [-0.4, -0.2) is 85.0 Å². The minimum Gasteiger partial charge on any atom is -0.462 e. The van der Waals surface area contributed by atoms with Crippen LogP contribution >= 0.6 is 0 Å². The highest BCUT2D eigenvalue weighted by molar-refractivity contribution is 6.12. The molecule has 0 bridgehead atoms. The quantitative estimate of drug-likeness (QED) is 0.0273. The molecule has 0 amide bonds. The van der Waals surface area contributed by atoms with E-state index < -0.39 is 17.9 Å². The summed E-state index contributed by atoms with van der Waals surface area (Å²) in [6.45, 7) is 8.29. The summed E-state index contributed by atoms with van der Waals surface area (Å²) in [6, 6.07) is 54.0. The second kappa shape index (κ2) is 29.6. The van der Waals surface area contributed by atoms with Crippen molar-refractivity contribution in [3.63, 3.8) is 0 Å². The number of aromatic nitrogens is 6. The number of ketones is 3. The second-order valence-electron chi connectivity index (χ2n) is 21.5. The molecule has 0 saturated carbocycles. The zero-order chi connectivity index (χ0) is 65.5. The summed E-state index contributed by atoms with van der Waals surface area (Å²) in [5, 5.41) is 11.1. The van der Waals surface area contributed by atoms with E-state index in [1.165, 1.54) is 36.8 Å². The van der Waals surface area contributed by atoms with Crippen LogP contribution in [0.25, 0.3) is 45.3 Å². The number of nitrogens with zero attached hydrogens (tertiary/aromatic N) is 6. The summed E-state index contributed by atoms with van der Waals surface area (Å²) < 4.78 is 16.2. The summed E-state index contributed by atoms with van der Waals surface area (Å²) in [5.74, 6) is -2.93. The van der Waals surface area contributed by atoms with E-state index in [1.807, 2.05) is 61.5 Å². The van der Waals surface area contributed by atoms with Gasteiger partial charge in [-0.3, -0.25) is 44.3 Å². The number of hydrogen-bond acceptors (Lipinski definition) is 18. The van der Waals surface area contributed by atoms with Crippen molar-refractivity contribution in [1.29, 1.82) is 0 Å². The smallest absolute Gasteiger partial charge is 0.340 e. The normalized spacial score (nSPS) is 10.9. The Kier molecular flexibility index (Phi) is 20.0. The van der Waals surface area contributed by atoms with Crippen LogP contribution < -0.4 is 16.0 Å².